The molecule has 1 aromatic heterocycles. The number of ether oxygens (including phenoxy) is 2. The summed E-state index contributed by atoms with van der Waals surface area (Å²) in [5.41, 5.74) is -0.437. The van der Waals surface area contributed by atoms with E-state index in [-0.39, 0.29) is 35.7 Å². The molecule has 2 amide bonds. The van der Waals surface area contributed by atoms with E-state index in [0.717, 1.165) is 6.07 Å². The lowest BCUT2D eigenvalue weighted by Gasteiger charge is -2.38. The predicted octanol–water partition coefficient (Wildman–Crippen LogP) is 3.45. The van der Waals surface area contributed by atoms with Gasteiger partial charge in [0.2, 0.25) is 5.89 Å². The maximum atomic E-state index is 14.9. The van der Waals surface area contributed by atoms with Gasteiger partial charge in [-0.05, 0) is 39.3 Å². The molecule has 1 aromatic carbocycles. The van der Waals surface area contributed by atoms with Crippen LogP contribution in [0, 0.1) is 5.82 Å². The van der Waals surface area contributed by atoms with E-state index in [1.165, 1.54) is 11.0 Å². The first-order valence-corrected chi connectivity index (χ1v) is 10.4. The fraction of sp³-hybridized carbons (Fsp3) is 0.524. The second kappa shape index (κ2) is 8.65. The van der Waals surface area contributed by atoms with Gasteiger partial charge in [0.15, 0.2) is 0 Å². The highest BCUT2D eigenvalue weighted by molar-refractivity contribution is 5.99. The number of fused-ring (bicyclic) bond motifs is 1. The third kappa shape index (κ3) is 4.80. The third-order valence-electron chi connectivity index (χ3n) is 5.31. The minimum absolute atomic E-state index is 0.0104. The van der Waals surface area contributed by atoms with Gasteiger partial charge >= 0.3 is 12.5 Å². The average Bonchev–Trinajstić information content (AvgIpc) is 3.33. The van der Waals surface area contributed by atoms with Gasteiger partial charge in [-0.3, -0.25) is 4.79 Å². The van der Waals surface area contributed by atoms with Crippen LogP contribution in [-0.2, 0) is 16.0 Å². The highest BCUT2D eigenvalue weighted by Gasteiger charge is 2.41. The molecule has 3 heterocycles. The molecule has 1 saturated heterocycles. The number of aromatic nitrogens is 2. The van der Waals surface area contributed by atoms with Gasteiger partial charge in [-0.2, -0.15) is 8.78 Å². The van der Waals surface area contributed by atoms with E-state index in [9.17, 15) is 22.8 Å². The van der Waals surface area contributed by atoms with Crippen LogP contribution in [0.5, 0.6) is 0 Å². The number of alkyl carbamates (subject to hydrolysis) is 1. The maximum Gasteiger partial charge on any atom is 0.408 e. The molecule has 2 aromatic rings. The molecule has 2 atom stereocenters. The summed E-state index contributed by atoms with van der Waals surface area (Å²) < 4.78 is 56.0. The van der Waals surface area contributed by atoms with Crippen LogP contribution in [0.4, 0.5) is 18.0 Å². The molecular formula is C21H23F3N4O5. The second-order valence-corrected chi connectivity index (χ2v) is 8.85. The van der Waals surface area contributed by atoms with Crippen LogP contribution in [-0.4, -0.2) is 58.0 Å². The van der Waals surface area contributed by atoms with Gasteiger partial charge in [-0.25, -0.2) is 9.18 Å². The van der Waals surface area contributed by atoms with E-state index >= 15 is 0 Å². The number of amides is 2. The van der Waals surface area contributed by atoms with Crippen molar-refractivity contribution in [2.75, 3.05) is 13.2 Å². The molecular weight excluding hydrogens is 445 g/mol. The van der Waals surface area contributed by atoms with Gasteiger partial charge in [0.25, 0.3) is 11.8 Å². The zero-order valence-corrected chi connectivity index (χ0v) is 18.2. The Morgan fingerprint density at radius 2 is 2.06 bits per heavy atom. The first-order valence-electron chi connectivity index (χ1n) is 10.4. The Hall–Kier alpha value is -3.15. The van der Waals surface area contributed by atoms with Crippen molar-refractivity contribution in [2.45, 2.75) is 57.8 Å². The smallest absolute Gasteiger partial charge is 0.408 e. The van der Waals surface area contributed by atoms with Crippen molar-refractivity contribution in [3.05, 3.63) is 35.0 Å². The molecule has 4 rings (SSSR count). The fourth-order valence-electron chi connectivity index (χ4n) is 3.91. The van der Waals surface area contributed by atoms with Gasteiger partial charge < -0.3 is 24.1 Å². The van der Waals surface area contributed by atoms with Crippen LogP contribution in [0.2, 0.25) is 0 Å². The molecule has 2 aliphatic heterocycles. The van der Waals surface area contributed by atoms with Gasteiger partial charge in [0, 0.05) is 23.3 Å². The summed E-state index contributed by atoms with van der Waals surface area (Å²) in [6.45, 7) is 5.71. The Bertz CT molecular complexity index is 1070. The number of benzene rings is 1. The topological polar surface area (TPSA) is 107 Å². The number of nitrogens with zero attached hydrogens (tertiary/aromatic N) is 3. The van der Waals surface area contributed by atoms with Crippen molar-refractivity contribution in [2.24, 2.45) is 0 Å². The van der Waals surface area contributed by atoms with Crippen molar-refractivity contribution in [3.63, 3.8) is 0 Å². The summed E-state index contributed by atoms with van der Waals surface area (Å²) in [5.74, 6) is -2.35. The summed E-state index contributed by atoms with van der Waals surface area (Å²) in [5, 5.41) is 9.49. The molecule has 1 fully saturated rings. The van der Waals surface area contributed by atoms with Crippen molar-refractivity contribution in [3.8, 4) is 11.5 Å². The molecule has 0 aliphatic carbocycles. The fourth-order valence-corrected chi connectivity index (χ4v) is 3.91. The summed E-state index contributed by atoms with van der Waals surface area (Å²) in [7, 11) is 0. The molecule has 33 heavy (non-hydrogen) atoms. The van der Waals surface area contributed by atoms with Crippen LogP contribution in [0.15, 0.2) is 16.5 Å². The molecule has 0 radical (unpaired) electrons. The minimum atomic E-state index is -2.97. The number of carbonyl (C=O) groups is 2. The van der Waals surface area contributed by atoms with Gasteiger partial charge in [-0.15, -0.1) is 10.2 Å². The van der Waals surface area contributed by atoms with E-state index < -0.39 is 47.8 Å². The molecule has 0 spiro atoms. The second-order valence-electron chi connectivity index (χ2n) is 8.85. The third-order valence-corrected chi connectivity index (χ3v) is 5.31. The van der Waals surface area contributed by atoms with Crippen LogP contribution in [0.3, 0.4) is 0 Å². The Kier molecular flexibility index (Phi) is 6.04. The van der Waals surface area contributed by atoms with E-state index in [2.05, 4.69) is 15.5 Å². The van der Waals surface area contributed by atoms with Crippen molar-refractivity contribution in [1.29, 1.82) is 0 Å². The molecule has 178 valence electrons. The van der Waals surface area contributed by atoms with Gasteiger partial charge in [0.1, 0.15) is 11.4 Å². The zero-order chi connectivity index (χ0) is 23.9. The van der Waals surface area contributed by atoms with Crippen LogP contribution >= 0.6 is 0 Å². The van der Waals surface area contributed by atoms with Crippen LogP contribution < -0.4 is 5.32 Å². The first-order chi connectivity index (χ1) is 15.5. The lowest BCUT2D eigenvalue weighted by molar-refractivity contribution is -0.000403. The molecule has 9 nitrogen and oxygen atoms in total. The number of nitrogens with one attached hydrogen (secondary N) is 1. The van der Waals surface area contributed by atoms with E-state index in [1.807, 2.05) is 0 Å². The van der Waals surface area contributed by atoms with Crippen molar-refractivity contribution in [1.82, 2.24) is 20.4 Å². The summed E-state index contributed by atoms with van der Waals surface area (Å²) in [6, 6.07) is 1.40. The Morgan fingerprint density at radius 1 is 1.30 bits per heavy atom. The largest absolute Gasteiger partial charge is 0.444 e. The quantitative estimate of drug-likeness (QED) is 0.733. The Labute approximate surface area is 187 Å². The van der Waals surface area contributed by atoms with Crippen molar-refractivity contribution < 1.29 is 36.7 Å². The van der Waals surface area contributed by atoms with Crippen molar-refractivity contribution >= 4 is 12.0 Å². The lowest BCUT2D eigenvalue weighted by atomic mass is 10.0. The molecule has 0 saturated carbocycles. The standard InChI is InChI=1S/C21H23F3N4O5/c1-21(2,3)33-20(30)25-14-9-31-5-4-15(14)28-8-12-11(19(28)29)6-10(7-13(12)22)17-26-27-18(32-17)16(23)24/h6-7,14-16H,4-5,8-9H2,1-3H3,(H,25,30)/t14-,15-/m1/s1. The lowest BCUT2D eigenvalue weighted by Crippen LogP contribution is -2.57. The SMILES string of the molecule is CC(C)(C)OC(=O)N[C@@H]1COCC[C@H]1N1Cc2c(F)cc(-c3nnc(C(F)F)o3)cc2C1=O. The number of hydrogen-bond acceptors (Lipinski definition) is 7. The number of halogens is 3. The zero-order valence-electron chi connectivity index (χ0n) is 18.2. The first kappa shape index (κ1) is 23.0. The van der Waals surface area contributed by atoms with Crippen LogP contribution in [0.1, 0.15) is 55.4 Å². The van der Waals surface area contributed by atoms with E-state index in [0.29, 0.717) is 13.0 Å². The number of alkyl halides is 2. The average molecular weight is 468 g/mol. The van der Waals surface area contributed by atoms with Gasteiger partial charge in [0.05, 0.1) is 25.2 Å². The highest BCUT2D eigenvalue weighted by atomic mass is 19.3. The molecule has 2 aliphatic rings. The minimum Gasteiger partial charge on any atom is -0.444 e. The molecule has 0 bridgehead atoms. The van der Waals surface area contributed by atoms with E-state index in [4.69, 9.17) is 13.9 Å². The van der Waals surface area contributed by atoms with Crippen LogP contribution in [0.25, 0.3) is 11.5 Å². The number of hydrogen-bond donors (Lipinski definition) is 1. The summed E-state index contributed by atoms with van der Waals surface area (Å²) in [4.78, 5) is 26.9. The number of carbonyl (C=O) groups excluding carboxylic acids is 2. The predicted molar refractivity (Wildman–Crippen MR) is 107 cm³/mol. The Balaban J connectivity index is 1.56. The summed E-state index contributed by atoms with van der Waals surface area (Å²) >= 11 is 0. The molecule has 1 N–H and O–H groups in total. The Morgan fingerprint density at radius 3 is 2.73 bits per heavy atom. The maximum absolute atomic E-state index is 14.9. The molecule has 0 unspecified atom stereocenters. The number of rotatable bonds is 4. The highest BCUT2D eigenvalue weighted by Crippen LogP contribution is 2.34. The normalized spacial score (nSPS) is 20.8. The van der Waals surface area contributed by atoms with E-state index in [1.54, 1.807) is 20.8 Å². The van der Waals surface area contributed by atoms with Gasteiger partial charge in [-0.1, -0.05) is 0 Å². The molecule has 12 heteroatoms. The monoisotopic (exact) mass is 468 g/mol. The summed E-state index contributed by atoms with van der Waals surface area (Å²) in [6.07, 6.45) is -3.19.